The summed E-state index contributed by atoms with van der Waals surface area (Å²) in [6.07, 6.45) is 10.6. The van der Waals surface area contributed by atoms with Crippen molar-refractivity contribution in [1.29, 1.82) is 0 Å². The molecule has 0 fully saturated rings. The number of unbranched alkanes of at least 4 members (excludes halogenated alkanes) is 1. The minimum absolute atomic E-state index is 0.417. The number of nitrogens with two attached hydrogens (primary N) is 2. The monoisotopic (exact) mass is 413 g/mol. The van der Waals surface area contributed by atoms with Crippen LogP contribution in [0.3, 0.4) is 0 Å². The number of aldehydes is 1. The lowest BCUT2D eigenvalue weighted by Crippen LogP contribution is -1.98. The number of aromatic amines is 1. The molecule has 3 rings (SSSR count). The maximum absolute atomic E-state index is 9.93. The molecule has 0 saturated heterocycles. The Bertz CT molecular complexity index is 889. The first-order chi connectivity index (χ1) is 14.1. The molecular weight excluding hydrogens is 386 g/mol. The number of carbonyl (C=O) groups is 1. The van der Waals surface area contributed by atoms with Crippen LogP contribution in [-0.4, -0.2) is 33.5 Å². The lowest BCUT2D eigenvalue weighted by atomic mass is 10.1. The maximum atomic E-state index is 9.93. The van der Waals surface area contributed by atoms with Crippen LogP contribution in [0, 0.1) is 0 Å². The summed E-state index contributed by atoms with van der Waals surface area (Å²) in [6, 6.07) is 7.44. The molecule has 0 aliphatic rings. The van der Waals surface area contributed by atoms with E-state index in [-0.39, 0.29) is 0 Å². The van der Waals surface area contributed by atoms with Crippen LogP contribution in [0.5, 0.6) is 0 Å². The van der Waals surface area contributed by atoms with Crippen molar-refractivity contribution in [2.75, 3.05) is 18.1 Å². The number of pyridine rings is 1. The molecule has 3 aromatic heterocycles. The van der Waals surface area contributed by atoms with Gasteiger partial charge in [0, 0.05) is 49.2 Å². The Morgan fingerprint density at radius 3 is 2.76 bits per heavy atom. The van der Waals surface area contributed by atoms with E-state index in [0.717, 1.165) is 59.1 Å². The van der Waals surface area contributed by atoms with Crippen molar-refractivity contribution in [2.45, 2.75) is 32.1 Å². The summed E-state index contributed by atoms with van der Waals surface area (Å²) in [6.45, 7) is 0. The zero-order valence-electron chi connectivity index (χ0n) is 16.5. The molecule has 9 heteroatoms. The van der Waals surface area contributed by atoms with Crippen molar-refractivity contribution in [1.82, 2.24) is 20.2 Å². The van der Waals surface area contributed by atoms with Gasteiger partial charge in [0.15, 0.2) is 0 Å². The van der Waals surface area contributed by atoms with Gasteiger partial charge in [0.1, 0.15) is 17.1 Å². The molecule has 0 bridgehead atoms. The molecule has 0 unspecified atom stereocenters. The largest absolute Gasteiger partial charge is 0.402 e. The third kappa shape index (κ3) is 8.14. The number of carbonyl (C=O) groups excluding carboxylic acids is 1. The number of anilines is 2. The van der Waals surface area contributed by atoms with Gasteiger partial charge < -0.3 is 26.6 Å². The molecule has 0 saturated carbocycles. The zero-order valence-corrected chi connectivity index (χ0v) is 17.3. The van der Waals surface area contributed by atoms with Crippen LogP contribution in [0.4, 0.5) is 10.9 Å². The van der Waals surface area contributed by atoms with Crippen molar-refractivity contribution in [2.24, 2.45) is 5.73 Å². The summed E-state index contributed by atoms with van der Waals surface area (Å²) >= 11 is 1.60. The molecule has 0 amide bonds. The van der Waals surface area contributed by atoms with Crippen LogP contribution in [0.25, 0.3) is 6.08 Å². The predicted octanol–water partition coefficient (Wildman–Crippen LogP) is 3.03. The van der Waals surface area contributed by atoms with Crippen LogP contribution in [-0.2, 0) is 17.6 Å². The summed E-state index contributed by atoms with van der Waals surface area (Å²) in [5.74, 6) is 0.654. The number of aromatic nitrogens is 4. The highest BCUT2D eigenvalue weighted by molar-refractivity contribution is 7.15. The fraction of sp³-hybridized carbons (Fsp3) is 0.300. The van der Waals surface area contributed by atoms with Gasteiger partial charge in [-0.15, -0.1) is 10.2 Å². The van der Waals surface area contributed by atoms with Crippen LogP contribution in [0.1, 0.15) is 35.5 Å². The van der Waals surface area contributed by atoms with Crippen molar-refractivity contribution >= 4 is 34.6 Å². The summed E-state index contributed by atoms with van der Waals surface area (Å²) in [4.78, 5) is 16.8. The van der Waals surface area contributed by atoms with Gasteiger partial charge >= 0.3 is 0 Å². The number of aryl methyl sites for hydroxylation is 1. The molecule has 29 heavy (non-hydrogen) atoms. The normalized spacial score (nSPS) is 10.9. The third-order valence-corrected chi connectivity index (χ3v) is 4.96. The second kappa shape index (κ2) is 12.3. The van der Waals surface area contributed by atoms with E-state index in [1.54, 1.807) is 17.5 Å². The highest BCUT2D eigenvalue weighted by Crippen LogP contribution is 2.18. The molecule has 154 valence electrons. The van der Waals surface area contributed by atoms with Gasteiger partial charge in [-0.25, -0.2) is 0 Å². The second-order valence-corrected chi connectivity index (χ2v) is 7.28. The molecule has 0 aromatic carbocycles. The van der Waals surface area contributed by atoms with Crippen LogP contribution < -0.4 is 16.8 Å². The van der Waals surface area contributed by atoms with Gasteiger partial charge in [0.25, 0.3) is 0 Å². The fourth-order valence-corrected chi connectivity index (χ4v) is 3.19. The smallest absolute Gasteiger partial charge is 0.205 e. The predicted molar refractivity (Wildman–Crippen MR) is 118 cm³/mol. The van der Waals surface area contributed by atoms with E-state index in [0.29, 0.717) is 12.2 Å². The fourth-order valence-electron chi connectivity index (χ4n) is 2.46. The van der Waals surface area contributed by atoms with E-state index < -0.39 is 0 Å². The first-order valence-corrected chi connectivity index (χ1v) is 10.2. The minimum atomic E-state index is 0.417. The highest BCUT2D eigenvalue weighted by atomic mass is 32.1. The van der Waals surface area contributed by atoms with E-state index in [2.05, 4.69) is 25.5 Å². The van der Waals surface area contributed by atoms with Gasteiger partial charge in [-0.3, -0.25) is 4.98 Å². The number of hydrogen-bond acceptors (Lipinski definition) is 8. The first kappa shape index (κ1) is 22.1. The van der Waals surface area contributed by atoms with Gasteiger partial charge in [-0.2, -0.15) is 0 Å². The lowest BCUT2D eigenvalue weighted by molar-refractivity contribution is -0.107. The Labute approximate surface area is 174 Å². The standard InChI is InChI=1S/C13H20N6S.C7H7NO/c1-16-13-19-18-11(20-13)5-3-2-4-10(14)8-9-6-7-17-12(9)15;9-6-4-7-3-1-2-5-8-7/h6-8,17H,2-5,14-15H2,1H3,(H,16,19);1-3,5-6H,4H2/b10-8-;. The van der Waals surface area contributed by atoms with Gasteiger partial charge in [0.05, 0.1) is 0 Å². The molecule has 3 aromatic rings. The number of H-pyrrole nitrogens is 1. The van der Waals surface area contributed by atoms with E-state index in [4.69, 9.17) is 11.5 Å². The molecule has 3 heterocycles. The summed E-state index contributed by atoms with van der Waals surface area (Å²) in [7, 11) is 1.85. The van der Waals surface area contributed by atoms with Crippen LogP contribution >= 0.6 is 11.3 Å². The SMILES string of the molecule is CNc1nnc(CCCC/C(N)=C/c2cc[nH]c2N)s1.O=CCc1ccccn1. The van der Waals surface area contributed by atoms with Crippen molar-refractivity contribution in [3.63, 3.8) is 0 Å². The average Bonchev–Trinajstić information content (AvgIpc) is 3.36. The lowest BCUT2D eigenvalue weighted by Gasteiger charge is -2.01. The van der Waals surface area contributed by atoms with Gasteiger partial charge in [-0.05, 0) is 43.5 Å². The summed E-state index contributed by atoms with van der Waals surface area (Å²) in [5, 5.41) is 13.0. The summed E-state index contributed by atoms with van der Waals surface area (Å²) < 4.78 is 0. The van der Waals surface area contributed by atoms with Crippen LogP contribution in [0.15, 0.2) is 42.4 Å². The minimum Gasteiger partial charge on any atom is -0.402 e. The topological polar surface area (TPSA) is 136 Å². The van der Waals surface area contributed by atoms with E-state index in [1.165, 1.54) is 0 Å². The molecule has 8 nitrogen and oxygen atoms in total. The Balaban J connectivity index is 0.000000278. The van der Waals surface area contributed by atoms with Crippen molar-refractivity contribution in [3.8, 4) is 0 Å². The number of allylic oxidation sites excluding steroid dienone is 1. The van der Waals surface area contributed by atoms with Gasteiger partial charge in [-0.1, -0.05) is 17.4 Å². The first-order valence-electron chi connectivity index (χ1n) is 9.35. The number of nitrogens with zero attached hydrogens (tertiary/aromatic N) is 3. The number of rotatable bonds is 9. The molecule has 0 spiro atoms. The Morgan fingerprint density at radius 1 is 1.28 bits per heavy atom. The maximum Gasteiger partial charge on any atom is 0.205 e. The molecule has 0 aliphatic heterocycles. The summed E-state index contributed by atoms with van der Waals surface area (Å²) in [5.41, 5.74) is 14.4. The van der Waals surface area contributed by atoms with E-state index in [9.17, 15) is 4.79 Å². The number of nitrogens with one attached hydrogen (secondary N) is 2. The van der Waals surface area contributed by atoms with E-state index >= 15 is 0 Å². The number of nitrogen functional groups attached to an aromatic ring is 1. The van der Waals surface area contributed by atoms with Crippen molar-refractivity contribution in [3.05, 3.63) is 58.6 Å². The Kier molecular flexibility index (Phi) is 9.37. The average molecular weight is 414 g/mol. The Morgan fingerprint density at radius 2 is 2.14 bits per heavy atom. The van der Waals surface area contributed by atoms with Crippen molar-refractivity contribution < 1.29 is 4.79 Å². The molecule has 6 N–H and O–H groups in total. The zero-order chi connectivity index (χ0) is 20.9. The molecule has 0 aliphatic carbocycles. The molecular formula is C20H27N7OS. The Hall–Kier alpha value is -3.20. The quantitative estimate of drug-likeness (QED) is 0.313. The van der Waals surface area contributed by atoms with Crippen LogP contribution in [0.2, 0.25) is 0 Å². The highest BCUT2D eigenvalue weighted by Gasteiger charge is 2.03. The van der Waals surface area contributed by atoms with E-state index in [1.807, 2.05) is 43.6 Å². The van der Waals surface area contributed by atoms with Gasteiger partial charge in [0.2, 0.25) is 5.13 Å². The third-order valence-electron chi connectivity index (χ3n) is 3.96. The molecule has 0 radical (unpaired) electrons. The molecule has 0 atom stereocenters. The second-order valence-electron chi connectivity index (χ2n) is 6.22. The number of hydrogen-bond donors (Lipinski definition) is 4.